The van der Waals surface area contributed by atoms with Crippen LogP contribution in [-0.2, 0) is 16.0 Å². The average molecular weight is 373 g/mol. The summed E-state index contributed by atoms with van der Waals surface area (Å²) in [5, 5.41) is 3.72. The van der Waals surface area contributed by atoms with Crippen LogP contribution in [0.1, 0.15) is 18.4 Å². The van der Waals surface area contributed by atoms with Crippen molar-refractivity contribution in [3.63, 3.8) is 0 Å². The van der Waals surface area contributed by atoms with Gasteiger partial charge in [-0.25, -0.2) is 0 Å². The minimum atomic E-state index is -0.833. The largest absolute Gasteiger partial charge is 0.353 e. The molecule has 25 heavy (non-hydrogen) atoms. The molecule has 0 saturated carbocycles. The number of carbonyl (C=O) groups is 2. The molecule has 2 amide bonds. The lowest BCUT2D eigenvalue weighted by Crippen LogP contribution is -2.52. The summed E-state index contributed by atoms with van der Waals surface area (Å²) in [7, 11) is 0. The molecule has 1 unspecified atom stereocenters. The highest BCUT2D eigenvalue weighted by Gasteiger charge is 2.57. The van der Waals surface area contributed by atoms with E-state index in [0.29, 0.717) is 24.4 Å². The van der Waals surface area contributed by atoms with Crippen LogP contribution < -0.4 is 10.2 Å². The highest BCUT2D eigenvalue weighted by atomic mass is 35.5. The Balaban J connectivity index is 1.48. The predicted molar refractivity (Wildman–Crippen MR) is 99.9 cm³/mol. The summed E-state index contributed by atoms with van der Waals surface area (Å²) in [5.41, 5.74) is 1.96. The third kappa shape index (κ3) is 2.81. The van der Waals surface area contributed by atoms with E-state index >= 15 is 0 Å². The summed E-state index contributed by atoms with van der Waals surface area (Å²) in [5.74, 6) is -0.0705. The number of nitrogens with zero attached hydrogens (tertiary/aromatic N) is 1. The minimum Gasteiger partial charge on any atom is -0.353 e. The van der Waals surface area contributed by atoms with Gasteiger partial charge in [-0.3, -0.25) is 14.5 Å². The van der Waals surface area contributed by atoms with Crippen molar-refractivity contribution in [2.45, 2.75) is 29.0 Å². The molecule has 2 aromatic carbocycles. The van der Waals surface area contributed by atoms with Gasteiger partial charge >= 0.3 is 0 Å². The predicted octanol–water partition coefficient (Wildman–Crippen LogP) is 3.63. The number of hydrogen-bond acceptors (Lipinski definition) is 3. The first-order valence-electron chi connectivity index (χ1n) is 8.24. The Morgan fingerprint density at radius 2 is 1.96 bits per heavy atom. The number of para-hydroxylation sites is 1. The molecule has 1 saturated heterocycles. The van der Waals surface area contributed by atoms with Crippen molar-refractivity contribution < 1.29 is 9.59 Å². The topological polar surface area (TPSA) is 49.4 Å². The number of thioether (sulfide) groups is 1. The van der Waals surface area contributed by atoms with Gasteiger partial charge in [-0.1, -0.05) is 47.6 Å². The third-order valence-electron chi connectivity index (χ3n) is 4.64. The Morgan fingerprint density at radius 3 is 2.76 bits per heavy atom. The summed E-state index contributed by atoms with van der Waals surface area (Å²) < 4.78 is 0. The number of benzene rings is 2. The fourth-order valence-electron chi connectivity index (χ4n) is 3.41. The van der Waals surface area contributed by atoms with Gasteiger partial charge in [0, 0.05) is 22.9 Å². The smallest absolute Gasteiger partial charge is 0.257 e. The molecule has 1 fully saturated rings. The molecule has 2 heterocycles. The number of halogens is 1. The maximum absolute atomic E-state index is 13.0. The van der Waals surface area contributed by atoms with Gasteiger partial charge in [0.1, 0.15) is 0 Å². The van der Waals surface area contributed by atoms with Crippen LogP contribution >= 0.6 is 23.4 Å². The molecule has 0 aromatic heterocycles. The molecule has 6 heteroatoms. The van der Waals surface area contributed by atoms with Crippen molar-refractivity contribution in [1.82, 2.24) is 5.32 Å². The average Bonchev–Trinajstić information content (AvgIpc) is 3.13. The van der Waals surface area contributed by atoms with Crippen molar-refractivity contribution >= 4 is 40.9 Å². The van der Waals surface area contributed by atoms with Crippen molar-refractivity contribution in [3.8, 4) is 0 Å². The van der Waals surface area contributed by atoms with Crippen molar-refractivity contribution in [2.24, 2.45) is 0 Å². The van der Waals surface area contributed by atoms with Crippen LogP contribution in [0.25, 0.3) is 0 Å². The zero-order valence-electron chi connectivity index (χ0n) is 13.5. The van der Waals surface area contributed by atoms with E-state index in [2.05, 4.69) is 5.32 Å². The monoisotopic (exact) mass is 372 g/mol. The maximum Gasteiger partial charge on any atom is 0.257 e. The fourth-order valence-corrected chi connectivity index (χ4v) is 4.97. The number of amides is 2. The van der Waals surface area contributed by atoms with Gasteiger partial charge < -0.3 is 5.32 Å². The van der Waals surface area contributed by atoms with E-state index in [1.165, 1.54) is 11.8 Å². The zero-order chi connectivity index (χ0) is 17.4. The lowest BCUT2D eigenvalue weighted by molar-refractivity contribution is -0.124. The summed E-state index contributed by atoms with van der Waals surface area (Å²) in [6.07, 6.45) is 1.68. The van der Waals surface area contributed by atoms with Gasteiger partial charge in [0.2, 0.25) is 5.91 Å². The van der Waals surface area contributed by atoms with Gasteiger partial charge in [0.05, 0.1) is 5.69 Å². The first-order chi connectivity index (χ1) is 12.1. The Bertz CT molecular complexity index is 840. The van der Waals surface area contributed by atoms with Gasteiger partial charge in [-0.05, 0) is 42.7 Å². The molecule has 128 valence electrons. The van der Waals surface area contributed by atoms with Crippen LogP contribution in [0.3, 0.4) is 0 Å². The highest BCUT2D eigenvalue weighted by Crippen LogP contribution is 2.55. The Labute approximate surface area is 155 Å². The molecular weight excluding hydrogens is 356 g/mol. The van der Waals surface area contributed by atoms with E-state index in [9.17, 15) is 9.59 Å². The number of hydrogen-bond donors (Lipinski definition) is 1. The van der Waals surface area contributed by atoms with E-state index in [1.54, 1.807) is 4.90 Å². The first-order valence-corrected chi connectivity index (χ1v) is 9.43. The Kier molecular flexibility index (Phi) is 4.21. The second-order valence-electron chi connectivity index (χ2n) is 6.22. The van der Waals surface area contributed by atoms with E-state index in [1.807, 2.05) is 48.5 Å². The molecule has 4 rings (SSSR count). The van der Waals surface area contributed by atoms with Crippen LogP contribution in [0.2, 0.25) is 5.02 Å². The van der Waals surface area contributed by atoms with E-state index < -0.39 is 4.87 Å². The molecule has 1 N–H and O–H groups in total. The van der Waals surface area contributed by atoms with Crippen LogP contribution in [0.15, 0.2) is 53.4 Å². The second-order valence-corrected chi connectivity index (χ2v) is 7.97. The lowest BCUT2D eigenvalue weighted by Gasteiger charge is -2.29. The van der Waals surface area contributed by atoms with E-state index in [0.717, 1.165) is 22.6 Å². The number of nitrogens with one attached hydrogen (secondary N) is 1. The Hall–Kier alpha value is -1.98. The number of fused-ring (bicyclic) bond motifs is 3. The van der Waals surface area contributed by atoms with Gasteiger partial charge in [-0.15, -0.1) is 0 Å². The third-order valence-corrected chi connectivity index (χ3v) is 6.37. The van der Waals surface area contributed by atoms with E-state index in [-0.39, 0.29) is 11.8 Å². The fraction of sp³-hybridized carbons (Fsp3) is 0.263. The van der Waals surface area contributed by atoms with Gasteiger partial charge in [0.25, 0.3) is 5.91 Å². The standard InChI is InChI=1S/C19H17ClN2O2S/c20-14-7-5-13(6-8-14)10-12-21-18(24)19-11-9-17(23)22(19)15-3-1-2-4-16(15)25-19/h1-8H,9-12H2,(H,21,24). The van der Waals surface area contributed by atoms with Crippen molar-refractivity contribution in [1.29, 1.82) is 0 Å². The molecule has 2 aromatic rings. The summed E-state index contributed by atoms with van der Waals surface area (Å²) >= 11 is 7.38. The zero-order valence-corrected chi connectivity index (χ0v) is 15.1. The van der Waals surface area contributed by atoms with E-state index in [4.69, 9.17) is 11.6 Å². The first kappa shape index (κ1) is 16.5. The SMILES string of the molecule is O=C1CCC2(C(=O)NCCc3ccc(Cl)cc3)Sc3ccccc3N12. The minimum absolute atomic E-state index is 0.0188. The molecule has 0 spiro atoms. The van der Waals surface area contributed by atoms with Gasteiger partial charge in [0.15, 0.2) is 4.87 Å². The van der Waals surface area contributed by atoms with Gasteiger partial charge in [-0.2, -0.15) is 0 Å². The maximum atomic E-state index is 13.0. The molecule has 2 aliphatic heterocycles. The molecule has 1 atom stereocenters. The molecule has 0 bridgehead atoms. The number of carbonyl (C=O) groups excluding carboxylic acids is 2. The lowest BCUT2D eigenvalue weighted by atomic mass is 10.1. The normalized spacial score (nSPS) is 21.2. The highest BCUT2D eigenvalue weighted by molar-refractivity contribution is 8.02. The second kappa shape index (κ2) is 6.39. The van der Waals surface area contributed by atoms with Crippen molar-refractivity contribution in [3.05, 3.63) is 59.1 Å². The molecule has 0 radical (unpaired) electrons. The van der Waals surface area contributed by atoms with Crippen LogP contribution in [0.5, 0.6) is 0 Å². The van der Waals surface area contributed by atoms with Crippen LogP contribution in [-0.4, -0.2) is 23.2 Å². The molecule has 2 aliphatic rings. The molecular formula is C19H17ClN2O2S. The Morgan fingerprint density at radius 1 is 1.20 bits per heavy atom. The summed E-state index contributed by atoms with van der Waals surface area (Å²) in [6, 6.07) is 15.3. The quantitative estimate of drug-likeness (QED) is 0.891. The summed E-state index contributed by atoms with van der Waals surface area (Å²) in [6.45, 7) is 0.529. The molecule has 0 aliphatic carbocycles. The number of anilines is 1. The van der Waals surface area contributed by atoms with Crippen LogP contribution in [0.4, 0.5) is 5.69 Å². The molecule has 4 nitrogen and oxygen atoms in total. The van der Waals surface area contributed by atoms with Crippen molar-refractivity contribution in [2.75, 3.05) is 11.4 Å². The summed E-state index contributed by atoms with van der Waals surface area (Å²) in [4.78, 5) is 27.2. The number of rotatable bonds is 4. The van der Waals surface area contributed by atoms with Crippen LogP contribution in [0, 0.1) is 0 Å².